The molecule has 0 radical (unpaired) electrons. The number of rotatable bonds is 5. The lowest BCUT2D eigenvalue weighted by atomic mass is 9.84. The van der Waals surface area contributed by atoms with E-state index in [4.69, 9.17) is 5.73 Å². The Bertz CT molecular complexity index is 157. The van der Waals surface area contributed by atoms with Gasteiger partial charge < -0.3 is 5.73 Å². The van der Waals surface area contributed by atoms with E-state index in [0.717, 1.165) is 11.8 Å². The van der Waals surface area contributed by atoms with Crippen molar-refractivity contribution < 1.29 is 0 Å². The highest BCUT2D eigenvalue weighted by Crippen LogP contribution is 2.26. The van der Waals surface area contributed by atoms with Gasteiger partial charge in [-0.3, -0.25) is 0 Å². The van der Waals surface area contributed by atoms with Crippen molar-refractivity contribution in [1.29, 1.82) is 0 Å². The molecule has 1 aliphatic rings. The van der Waals surface area contributed by atoms with Crippen LogP contribution >= 0.6 is 0 Å². The summed E-state index contributed by atoms with van der Waals surface area (Å²) in [6, 6.07) is 0.483. The lowest BCUT2D eigenvalue weighted by Crippen LogP contribution is -2.30. The molecular formula is C15H31N. The number of hydrogen-bond acceptors (Lipinski definition) is 1. The van der Waals surface area contributed by atoms with E-state index < -0.39 is 0 Å². The fraction of sp³-hybridized carbons (Fsp3) is 1.00. The molecule has 0 bridgehead atoms. The minimum Gasteiger partial charge on any atom is -0.327 e. The van der Waals surface area contributed by atoms with E-state index >= 15 is 0 Å². The van der Waals surface area contributed by atoms with Crippen LogP contribution < -0.4 is 5.73 Å². The van der Waals surface area contributed by atoms with Crippen LogP contribution in [0.2, 0.25) is 0 Å². The molecule has 2 N–H and O–H groups in total. The molecule has 0 heterocycles. The molecule has 1 aliphatic carbocycles. The van der Waals surface area contributed by atoms with Crippen LogP contribution in [0.4, 0.5) is 0 Å². The summed E-state index contributed by atoms with van der Waals surface area (Å²) in [5.41, 5.74) is 6.36. The standard InChI is InChI=1S/C15H31N/c1-13(2)9-8-12-15(16)14-10-6-4-3-5-7-11-14/h13-15H,3-12,16H2,1-2H3. The van der Waals surface area contributed by atoms with E-state index in [-0.39, 0.29) is 0 Å². The molecule has 0 spiro atoms. The Hall–Kier alpha value is -0.0400. The van der Waals surface area contributed by atoms with Crippen molar-refractivity contribution in [3.05, 3.63) is 0 Å². The normalized spacial score (nSPS) is 21.8. The summed E-state index contributed by atoms with van der Waals surface area (Å²) in [5.74, 6) is 1.66. The SMILES string of the molecule is CC(C)CCCC(N)C1CCCCCCC1. The monoisotopic (exact) mass is 225 g/mol. The van der Waals surface area contributed by atoms with Crippen LogP contribution in [0.25, 0.3) is 0 Å². The Morgan fingerprint density at radius 1 is 0.938 bits per heavy atom. The van der Waals surface area contributed by atoms with Crippen molar-refractivity contribution in [2.75, 3.05) is 0 Å². The van der Waals surface area contributed by atoms with Crippen molar-refractivity contribution in [1.82, 2.24) is 0 Å². The Balaban J connectivity index is 2.19. The van der Waals surface area contributed by atoms with Crippen LogP contribution in [-0.4, -0.2) is 6.04 Å². The van der Waals surface area contributed by atoms with Gasteiger partial charge in [-0.15, -0.1) is 0 Å². The minimum absolute atomic E-state index is 0.483. The average molecular weight is 225 g/mol. The molecule has 1 atom stereocenters. The second kappa shape index (κ2) is 8.11. The Labute approximate surface area is 102 Å². The van der Waals surface area contributed by atoms with Gasteiger partial charge in [0.25, 0.3) is 0 Å². The highest BCUT2D eigenvalue weighted by atomic mass is 14.6. The van der Waals surface area contributed by atoms with Crippen molar-refractivity contribution in [2.45, 2.75) is 84.1 Å². The van der Waals surface area contributed by atoms with Crippen LogP contribution in [0.1, 0.15) is 78.1 Å². The average Bonchev–Trinajstić information content (AvgIpc) is 2.15. The molecular weight excluding hydrogens is 194 g/mol. The van der Waals surface area contributed by atoms with Crippen molar-refractivity contribution in [3.8, 4) is 0 Å². The van der Waals surface area contributed by atoms with E-state index in [1.807, 2.05) is 0 Å². The summed E-state index contributed by atoms with van der Waals surface area (Å²) < 4.78 is 0. The molecule has 0 aliphatic heterocycles. The Morgan fingerprint density at radius 3 is 2.06 bits per heavy atom. The van der Waals surface area contributed by atoms with Crippen LogP contribution in [-0.2, 0) is 0 Å². The molecule has 1 heteroatoms. The van der Waals surface area contributed by atoms with Crippen LogP contribution in [0.5, 0.6) is 0 Å². The van der Waals surface area contributed by atoms with Crippen molar-refractivity contribution in [3.63, 3.8) is 0 Å². The van der Waals surface area contributed by atoms with Gasteiger partial charge in [0, 0.05) is 6.04 Å². The fourth-order valence-corrected chi connectivity index (χ4v) is 2.91. The maximum absolute atomic E-state index is 6.36. The highest BCUT2D eigenvalue weighted by Gasteiger charge is 2.18. The first-order valence-corrected chi connectivity index (χ1v) is 7.45. The lowest BCUT2D eigenvalue weighted by molar-refractivity contribution is 0.305. The maximum Gasteiger partial charge on any atom is 0.00671 e. The molecule has 1 rings (SSSR count). The van der Waals surface area contributed by atoms with E-state index in [1.165, 1.54) is 64.2 Å². The fourth-order valence-electron chi connectivity index (χ4n) is 2.91. The summed E-state index contributed by atoms with van der Waals surface area (Å²) in [5, 5.41) is 0. The topological polar surface area (TPSA) is 26.0 Å². The molecule has 1 unspecified atom stereocenters. The first kappa shape index (κ1) is 14.0. The van der Waals surface area contributed by atoms with Gasteiger partial charge in [0.05, 0.1) is 0 Å². The van der Waals surface area contributed by atoms with Gasteiger partial charge in [0.1, 0.15) is 0 Å². The zero-order valence-electron chi connectivity index (χ0n) is 11.4. The largest absolute Gasteiger partial charge is 0.327 e. The van der Waals surface area contributed by atoms with Crippen molar-refractivity contribution >= 4 is 0 Å². The first-order valence-electron chi connectivity index (χ1n) is 7.45. The molecule has 16 heavy (non-hydrogen) atoms. The second-order valence-electron chi connectivity index (χ2n) is 6.09. The Kier molecular flexibility index (Phi) is 7.11. The van der Waals surface area contributed by atoms with E-state index in [1.54, 1.807) is 0 Å². The third-order valence-corrected chi connectivity index (χ3v) is 4.07. The summed E-state index contributed by atoms with van der Waals surface area (Å²) in [6.07, 6.45) is 13.9. The van der Waals surface area contributed by atoms with Gasteiger partial charge in [-0.25, -0.2) is 0 Å². The van der Waals surface area contributed by atoms with Crippen LogP contribution in [0.3, 0.4) is 0 Å². The third kappa shape index (κ3) is 5.89. The highest BCUT2D eigenvalue weighted by molar-refractivity contribution is 4.75. The number of hydrogen-bond donors (Lipinski definition) is 1. The maximum atomic E-state index is 6.36. The minimum atomic E-state index is 0.483. The van der Waals surface area contributed by atoms with Crippen LogP contribution in [0.15, 0.2) is 0 Å². The molecule has 0 aromatic carbocycles. The quantitative estimate of drug-likeness (QED) is 0.732. The Morgan fingerprint density at radius 2 is 1.50 bits per heavy atom. The van der Waals surface area contributed by atoms with E-state index in [2.05, 4.69) is 13.8 Å². The second-order valence-corrected chi connectivity index (χ2v) is 6.09. The zero-order chi connectivity index (χ0) is 11.8. The molecule has 1 fully saturated rings. The molecule has 0 amide bonds. The van der Waals surface area contributed by atoms with Gasteiger partial charge in [0.2, 0.25) is 0 Å². The van der Waals surface area contributed by atoms with Crippen LogP contribution in [0, 0.1) is 11.8 Å². The van der Waals surface area contributed by atoms with E-state index in [9.17, 15) is 0 Å². The summed E-state index contributed by atoms with van der Waals surface area (Å²) in [4.78, 5) is 0. The molecule has 0 aromatic rings. The predicted octanol–water partition coefficient (Wildman–Crippen LogP) is 4.50. The molecule has 1 nitrogen and oxygen atoms in total. The smallest absolute Gasteiger partial charge is 0.00671 e. The molecule has 0 saturated heterocycles. The number of nitrogens with two attached hydrogens (primary N) is 1. The van der Waals surface area contributed by atoms with Gasteiger partial charge in [-0.1, -0.05) is 58.8 Å². The summed E-state index contributed by atoms with van der Waals surface area (Å²) in [6.45, 7) is 4.61. The molecule has 0 aromatic heterocycles. The van der Waals surface area contributed by atoms with Gasteiger partial charge >= 0.3 is 0 Å². The summed E-state index contributed by atoms with van der Waals surface area (Å²) >= 11 is 0. The van der Waals surface area contributed by atoms with Gasteiger partial charge in [-0.2, -0.15) is 0 Å². The molecule has 96 valence electrons. The zero-order valence-corrected chi connectivity index (χ0v) is 11.4. The van der Waals surface area contributed by atoms with Crippen molar-refractivity contribution in [2.24, 2.45) is 17.6 Å². The van der Waals surface area contributed by atoms with Gasteiger partial charge in [0.15, 0.2) is 0 Å². The summed E-state index contributed by atoms with van der Waals surface area (Å²) in [7, 11) is 0. The van der Waals surface area contributed by atoms with Gasteiger partial charge in [-0.05, 0) is 31.1 Å². The lowest BCUT2D eigenvalue weighted by Gasteiger charge is -2.26. The molecule has 1 saturated carbocycles. The third-order valence-electron chi connectivity index (χ3n) is 4.07. The van der Waals surface area contributed by atoms with E-state index in [0.29, 0.717) is 6.04 Å². The first-order chi connectivity index (χ1) is 7.70. The predicted molar refractivity (Wildman–Crippen MR) is 72.5 cm³/mol.